The second-order valence-electron chi connectivity index (χ2n) is 7.17. The van der Waals surface area contributed by atoms with Crippen LogP contribution in [-0.4, -0.2) is 36.0 Å². The second-order valence-corrected chi connectivity index (χ2v) is 7.17. The van der Waals surface area contributed by atoms with E-state index in [2.05, 4.69) is 41.4 Å². The lowest BCUT2D eigenvalue weighted by molar-refractivity contribution is -0.142. The summed E-state index contributed by atoms with van der Waals surface area (Å²) in [6.07, 6.45) is 3.19. The van der Waals surface area contributed by atoms with Crippen molar-refractivity contribution in [1.29, 1.82) is 0 Å². The van der Waals surface area contributed by atoms with Gasteiger partial charge in [-0.15, -0.1) is 0 Å². The molecule has 2 aromatic rings. The number of nitrogens with one attached hydrogen (secondary N) is 1. The van der Waals surface area contributed by atoms with E-state index in [1.54, 1.807) is 7.11 Å². The molecule has 2 aromatic carbocycles. The average Bonchev–Trinajstić information content (AvgIpc) is 3.41. The summed E-state index contributed by atoms with van der Waals surface area (Å²) in [6, 6.07) is 12.9. The van der Waals surface area contributed by atoms with Gasteiger partial charge in [-0.05, 0) is 43.2 Å². The molecule has 126 valence electrons. The topological polar surface area (TPSA) is 41.6 Å². The minimum absolute atomic E-state index is 0.189. The average molecular weight is 324 g/mol. The molecule has 1 heterocycles. The Hall–Kier alpha value is -2.07. The van der Waals surface area contributed by atoms with Crippen LogP contribution >= 0.6 is 0 Å². The first-order valence-corrected chi connectivity index (χ1v) is 8.72. The maximum absolute atomic E-state index is 12.6. The lowest BCUT2D eigenvalue weighted by Gasteiger charge is -2.49. The van der Waals surface area contributed by atoms with Gasteiger partial charge in [-0.2, -0.15) is 0 Å². The van der Waals surface area contributed by atoms with E-state index in [-0.39, 0.29) is 11.4 Å². The van der Waals surface area contributed by atoms with Crippen LogP contribution in [0.25, 0.3) is 10.8 Å². The van der Waals surface area contributed by atoms with Crippen molar-refractivity contribution in [1.82, 2.24) is 10.2 Å². The fourth-order valence-corrected chi connectivity index (χ4v) is 3.54. The number of fused-ring (bicyclic) bond motifs is 1. The summed E-state index contributed by atoms with van der Waals surface area (Å²) in [5, 5.41) is 5.50. The van der Waals surface area contributed by atoms with E-state index >= 15 is 0 Å². The number of rotatable bonds is 5. The molecule has 1 N–H and O–H groups in total. The zero-order valence-electron chi connectivity index (χ0n) is 14.3. The van der Waals surface area contributed by atoms with E-state index in [0.29, 0.717) is 6.04 Å². The number of methoxy groups -OCH3 is 1. The summed E-state index contributed by atoms with van der Waals surface area (Å²) >= 11 is 0. The van der Waals surface area contributed by atoms with Gasteiger partial charge in [0.2, 0.25) is 5.91 Å². The molecule has 0 bridgehead atoms. The van der Waals surface area contributed by atoms with Crippen molar-refractivity contribution in [2.75, 3.05) is 13.7 Å². The van der Waals surface area contributed by atoms with Crippen LogP contribution in [0.5, 0.6) is 5.75 Å². The van der Waals surface area contributed by atoms with Crippen molar-refractivity contribution in [2.45, 2.75) is 44.3 Å². The quantitative estimate of drug-likeness (QED) is 0.919. The largest absolute Gasteiger partial charge is 0.496 e. The van der Waals surface area contributed by atoms with E-state index < -0.39 is 0 Å². The van der Waals surface area contributed by atoms with E-state index in [4.69, 9.17) is 4.74 Å². The SMILES string of the molecule is COc1ccc(CN2CCC2(C)C(=O)NC2CC2)c2ccccc12. The number of likely N-dealkylation sites (tertiary alicyclic amines) is 1. The first-order chi connectivity index (χ1) is 11.6. The zero-order chi connectivity index (χ0) is 16.7. The highest BCUT2D eigenvalue weighted by Crippen LogP contribution is 2.36. The lowest BCUT2D eigenvalue weighted by atomic mass is 9.84. The molecule has 1 saturated carbocycles. The van der Waals surface area contributed by atoms with E-state index in [0.717, 1.165) is 43.5 Å². The van der Waals surface area contributed by atoms with Gasteiger partial charge < -0.3 is 10.1 Å². The Morgan fingerprint density at radius 3 is 2.62 bits per heavy atom. The minimum atomic E-state index is -0.371. The molecule has 1 unspecified atom stereocenters. The first kappa shape index (κ1) is 15.5. The normalized spacial score (nSPS) is 23.8. The molecule has 0 spiro atoms. The summed E-state index contributed by atoms with van der Waals surface area (Å²) in [4.78, 5) is 14.9. The molecule has 0 radical (unpaired) electrons. The number of carbonyl (C=O) groups is 1. The fraction of sp³-hybridized carbons (Fsp3) is 0.450. The lowest BCUT2D eigenvalue weighted by Crippen LogP contribution is -2.65. The Balaban J connectivity index is 1.59. The van der Waals surface area contributed by atoms with Gasteiger partial charge in [-0.25, -0.2) is 0 Å². The molecule has 1 atom stereocenters. The zero-order valence-corrected chi connectivity index (χ0v) is 14.3. The molecule has 0 aromatic heterocycles. The highest BCUT2D eigenvalue weighted by Gasteiger charge is 2.47. The van der Waals surface area contributed by atoms with Crippen molar-refractivity contribution in [2.24, 2.45) is 0 Å². The molecule has 4 heteroatoms. The summed E-state index contributed by atoms with van der Waals surface area (Å²) in [5.74, 6) is 1.08. The molecule has 1 aliphatic carbocycles. The summed E-state index contributed by atoms with van der Waals surface area (Å²) < 4.78 is 5.48. The van der Waals surface area contributed by atoms with Crippen molar-refractivity contribution in [3.8, 4) is 5.75 Å². The van der Waals surface area contributed by atoms with Gasteiger partial charge in [0.25, 0.3) is 0 Å². The highest BCUT2D eigenvalue weighted by molar-refractivity contribution is 5.91. The van der Waals surface area contributed by atoms with Gasteiger partial charge in [0.1, 0.15) is 5.75 Å². The van der Waals surface area contributed by atoms with Crippen LogP contribution < -0.4 is 10.1 Å². The standard InChI is InChI=1S/C20H24N2O2/c1-20(19(23)21-15-8-9-15)11-12-22(20)13-14-7-10-18(24-2)17-6-4-3-5-16(14)17/h3-7,10,15H,8-9,11-13H2,1-2H3,(H,21,23). The predicted molar refractivity (Wildman–Crippen MR) is 95.1 cm³/mol. The van der Waals surface area contributed by atoms with Crippen molar-refractivity contribution < 1.29 is 9.53 Å². The number of amides is 1. The van der Waals surface area contributed by atoms with Gasteiger partial charge in [-0.3, -0.25) is 9.69 Å². The number of ether oxygens (including phenoxy) is 1. The Labute approximate surface area is 142 Å². The monoisotopic (exact) mass is 324 g/mol. The van der Waals surface area contributed by atoms with Crippen molar-refractivity contribution in [3.05, 3.63) is 42.0 Å². The van der Waals surface area contributed by atoms with E-state index in [1.165, 1.54) is 10.9 Å². The molecule has 1 amide bonds. The van der Waals surface area contributed by atoms with Gasteiger partial charge in [-0.1, -0.05) is 30.3 Å². The van der Waals surface area contributed by atoms with Gasteiger partial charge >= 0.3 is 0 Å². The summed E-state index contributed by atoms with van der Waals surface area (Å²) in [5.41, 5.74) is 0.875. The molecule has 24 heavy (non-hydrogen) atoms. The molecular formula is C20H24N2O2. The molecule has 1 aliphatic heterocycles. The maximum atomic E-state index is 12.6. The molecule has 4 rings (SSSR count). The molecule has 1 saturated heterocycles. The molecule has 2 fully saturated rings. The van der Waals surface area contributed by atoms with Crippen LogP contribution in [0.4, 0.5) is 0 Å². The number of benzene rings is 2. The number of hydrogen-bond acceptors (Lipinski definition) is 3. The smallest absolute Gasteiger partial charge is 0.240 e. The Bertz CT molecular complexity index is 784. The minimum Gasteiger partial charge on any atom is -0.496 e. The second kappa shape index (κ2) is 5.78. The molecule has 2 aliphatic rings. The van der Waals surface area contributed by atoms with E-state index in [9.17, 15) is 4.79 Å². The molecule has 4 nitrogen and oxygen atoms in total. The maximum Gasteiger partial charge on any atom is 0.240 e. The van der Waals surface area contributed by atoms with Crippen molar-refractivity contribution >= 4 is 16.7 Å². The molecular weight excluding hydrogens is 300 g/mol. The summed E-state index contributed by atoms with van der Waals surface area (Å²) in [6.45, 7) is 3.83. The van der Waals surface area contributed by atoms with Crippen LogP contribution in [0.2, 0.25) is 0 Å². The van der Waals surface area contributed by atoms with E-state index in [1.807, 2.05) is 12.1 Å². The third kappa shape index (κ3) is 2.55. The Kier molecular flexibility index (Phi) is 3.72. The van der Waals surface area contributed by atoms with Crippen LogP contribution in [0.1, 0.15) is 31.7 Å². The van der Waals surface area contributed by atoms with Gasteiger partial charge in [0.05, 0.1) is 12.6 Å². The third-order valence-corrected chi connectivity index (χ3v) is 5.52. The first-order valence-electron chi connectivity index (χ1n) is 8.72. The summed E-state index contributed by atoms with van der Waals surface area (Å²) in [7, 11) is 1.70. The van der Waals surface area contributed by atoms with Gasteiger partial charge in [0.15, 0.2) is 0 Å². The van der Waals surface area contributed by atoms with Crippen LogP contribution in [0, 0.1) is 0 Å². The van der Waals surface area contributed by atoms with Crippen LogP contribution in [-0.2, 0) is 11.3 Å². The van der Waals surface area contributed by atoms with Gasteiger partial charge in [0, 0.05) is 24.5 Å². The third-order valence-electron chi connectivity index (χ3n) is 5.52. The Morgan fingerprint density at radius 2 is 2.00 bits per heavy atom. The fourth-order valence-electron chi connectivity index (χ4n) is 3.54. The highest BCUT2D eigenvalue weighted by atomic mass is 16.5. The number of carbonyl (C=O) groups excluding carboxylic acids is 1. The number of nitrogens with zero attached hydrogens (tertiary/aromatic N) is 1. The van der Waals surface area contributed by atoms with Crippen LogP contribution in [0.3, 0.4) is 0 Å². The predicted octanol–water partition coefficient (Wildman–Crippen LogP) is 3.09. The Morgan fingerprint density at radius 1 is 1.25 bits per heavy atom. The van der Waals surface area contributed by atoms with Crippen LogP contribution in [0.15, 0.2) is 36.4 Å². The van der Waals surface area contributed by atoms with Crippen molar-refractivity contribution in [3.63, 3.8) is 0 Å². The number of hydrogen-bond donors (Lipinski definition) is 1.